The van der Waals surface area contributed by atoms with E-state index in [9.17, 15) is 0 Å². The Labute approximate surface area is 114 Å². The number of nitrogens with two attached hydrogens (primary N) is 1. The number of hydrogen-bond donors (Lipinski definition) is 2. The fourth-order valence-electron chi connectivity index (χ4n) is 1.49. The second-order valence-electron chi connectivity index (χ2n) is 3.75. The van der Waals surface area contributed by atoms with Crippen molar-refractivity contribution in [3.8, 4) is 6.07 Å². The molecule has 0 spiro atoms. The normalized spacial score (nSPS) is 9.78. The molecule has 2 aromatic rings. The minimum Gasteiger partial charge on any atom is -0.396 e. The van der Waals surface area contributed by atoms with Crippen molar-refractivity contribution < 1.29 is 0 Å². The molecule has 0 saturated heterocycles. The van der Waals surface area contributed by atoms with E-state index in [1.165, 1.54) is 0 Å². The largest absolute Gasteiger partial charge is 0.396 e. The Balaban J connectivity index is 2.04. The van der Waals surface area contributed by atoms with Gasteiger partial charge in [-0.2, -0.15) is 5.26 Å². The minimum atomic E-state index is 0.595. The smallest absolute Gasteiger partial charge is 0.149 e. The first-order chi connectivity index (χ1) is 8.69. The summed E-state index contributed by atoms with van der Waals surface area (Å²) in [5.74, 6) is 0.655. The number of rotatable bonds is 3. The van der Waals surface area contributed by atoms with Crippen molar-refractivity contribution >= 4 is 27.4 Å². The molecule has 4 nitrogen and oxygen atoms in total. The average Bonchev–Trinajstić information content (AvgIpc) is 2.38. The van der Waals surface area contributed by atoms with Crippen LogP contribution < -0.4 is 11.1 Å². The van der Waals surface area contributed by atoms with Crippen molar-refractivity contribution in [3.63, 3.8) is 0 Å². The predicted molar refractivity (Wildman–Crippen MR) is 74.8 cm³/mol. The molecule has 0 fully saturated rings. The summed E-state index contributed by atoms with van der Waals surface area (Å²) in [6.45, 7) is 0.616. The van der Waals surface area contributed by atoms with Crippen LogP contribution in [0, 0.1) is 11.3 Å². The van der Waals surface area contributed by atoms with Gasteiger partial charge < -0.3 is 11.1 Å². The molecular weight excluding hydrogens is 292 g/mol. The fraction of sp³-hybridized carbons (Fsp3) is 0.0769. The summed E-state index contributed by atoms with van der Waals surface area (Å²) in [6, 6.07) is 11.3. The van der Waals surface area contributed by atoms with Gasteiger partial charge in [0.15, 0.2) is 0 Å². The first kappa shape index (κ1) is 12.4. The first-order valence-corrected chi connectivity index (χ1v) is 6.12. The van der Waals surface area contributed by atoms with E-state index < -0.39 is 0 Å². The molecule has 0 radical (unpaired) electrons. The highest BCUT2D eigenvalue weighted by atomic mass is 79.9. The second kappa shape index (κ2) is 5.52. The first-order valence-electron chi connectivity index (χ1n) is 5.33. The lowest BCUT2D eigenvalue weighted by molar-refractivity contribution is 1.11. The number of nitrogens with zero attached hydrogens (tertiary/aromatic N) is 2. The summed E-state index contributed by atoms with van der Waals surface area (Å²) in [5.41, 5.74) is 8.15. The number of hydrogen-bond acceptors (Lipinski definition) is 4. The molecule has 1 aromatic heterocycles. The van der Waals surface area contributed by atoms with E-state index in [0.29, 0.717) is 23.6 Å². The van der Waals surface area contributed by atoms with E-state index in [-0.39, 0.29) is 0 Å². The maximum atomic E-state index is 8.70. The van der Waals surface area contributed by atoms with Crippen LogP contribution in [-0.4, -0.2) is 4.98 Å². The molecule has 0 amide bonds. The summed E-state index contributed by atoms with van der Waals surface area (Å²) < 4.78 is 0.851. The highest BCUT2D eigenvalue weighted by molar-refractivity contribution is 9.10. The van der Waals surface area contributed by atoms with Gasteiger partial charge in [0.2, 0.25) is 0 Å². The van der Waals surface area contributed by atoms with E-state index in [1.807, 2.05) is 12.1 Å². The van der Waals surface area contributed by atoms with E-state index >= 15 is 0 Å². The van der Waals surface area contributed by atoms with Crippen LogP contribution in [0.5, 0.6) is 0 Å². The van der Waals surface area contributed by atoms with Gasteiger partial charge in [0.05, 0.1) is 17.3 Å². The molecular formula is C13H11BrN4. The predicted octanol–water partition coefficient (Wildman–Crippen LogP) is 2.91. The van der Waals surface area contributed by atoms with Crippen molar-refractivity contribution in [2.75, 3.05) is 11.1 Å². The number of nitrogen functional groups attached to an aromatic ring is 1. The number of aromatic nitrogens is 1. The molecule has 0 bridgehead atoms. The van der Waals surface area contributed by atoms with Gasteiger partial charge in [0, 0.05) is 17.2 Å². The molecule has 18 heavy (non-hydrogen) atoms. The van der Waals surface area contributed by atoms with Crippen molar-refractivity contribution in [2.45, 2.75) is 6.54 Å². The lowest BCUT2D eigenvalue weighted by atomic mass is 10.1. The Morgan fingerprint density at radius 3 is 2.67 bits per heavy atom. The van der Waals surface area contributed by atoms with Gasteiger partial charge >= 0.3 is 0 Å². The van der Waals surface area contributed by atoms with Crippen LogP contribution in [-0.2, 0) is 6.54 Å². The summed E-state index contributed by atoms with van der Waals surface area (Å²) in [7, 11) is 0. The maximum Gasteiger partial charge on any atom is 0.149 e. The zero-order chi connectivity index (χ0) is 13.0. The Morgan fingerprint density at radius 1 is 1.33 bits per heavy atom. The monoisotopic (exact) mass is 302 g/mol. The molecule has 0 aliphatic rings. The van der Waals surface area contributed by atoms with Crippen LogP contribution in [0.4, 0.5) is 11.5 Å². The summed E-state index contributed by atoms with van der Waals surface area (Å²) in [6.07, 6.45) is 1.69. The Hall–Kier alpha value is -2.06. The molecule has 1 aromatic carbocycles. The third-order valence-corrected chi connectivity index (χ3v) is 2.86. The molecule has 1 heterocycles. The molecule has 0 aliphatic heterocycles. The summed E-state index contributed by atoms with van der Waals surface area (Å²) in [4.78, 5) is 4.19. The molecule has 90 valence electrons. The van der Waals surface area contributed by atoms with Crippen molar-refractivity contribution in [3.05, 3.63) is 52.1 Å². The molecule has 0 aliphatic carbocycles. The molecule has 3 N–H and O–H groups in total. The van der Waals surface area contributed by atoms with Crippen molar-refractivity contribution in [1.82, 2.24) is 4.98 Å². The Bertz CT molecular complexity index is 587. The maximum absolute atomic E-state index is 8.70. The van der Waals surface area contributed by atoms with Crippen LogP contribution in [0.2, 0.25) is 0 Å². The van der Waals surface area contributed by atoms with Gasteiger partial charge in [0.25, 0.3) is 0 Å². The molecule has 0 saturated carbocycles. The highest BCUT2D eigenvalue weighted by Crippen LogP contribution is 2.20. The Morgan fingerprint density at radius 2 is 2.06 bits per heavy atom. The SMILES string of the molecule is N#Cc1ccc(CNc2ncc(Br)cc2N)cc1. The molecule has 0 unspecified atom stereocenters. The van der Waals surface area contributed by atoms with E-state index in [0.717, 1.165) is 10.0 Å². The lowest BCUT2D eigenvalue weighted by Gasteiger charge is -2.08. The lowest BCUT2D eigenvalue weighted by Crippen LogP contribution is -2.04. The molecule has 0 atom stereocenters. The highest BCUT2D eigenvalue weighted by Gasteiger charge is 2.01. The zero-order valence-corrected chi connectivity index (χ0v) is 11.1. The third-order valence-electron chi connectivity index (χ3n) is 2.43. The standard InChI is InChI=1S/C13H11BrN4/c14-11-5-12(16)13(18-8-11)17-7-10-3-1-9(6-15)2-4-10/h1-5,8H,7,16H2,(H,17,18). The quantitative estimate of drug-likeness (QED) is 0.914. The van der Waals surface area contributed by atoms with Crippen LogP contribution in [0.1, 0.15) is 11.1 Å². The zero-order valence-electron chi connectivity index (χ0n) is 9.52. The van der Waals surface area contributed by atoms with E-state index in [4.69, 9.17) is 11.0 Å². The summed E-state index contributed by atoms with van der Waals surface area (Å²) in [5, 5.41) is 11.9. The van der Waals surface area contributed by atoms with Gasteiger partial charge in [0.1, 0.15) is 5.82 Å². The minimum absolute atomic E-state index is 0.595. The van der Waals surface area contributed by atoms with E-state index in [2.05, 4.69) is 32.3 Å². The number of nitrogens with one attached hydrogen (secondary N) is 1. The van der Waals surface area contributed by atoms with Gasteiger partial charge in [-0.15, -0.1) is 0 Å². The van der Waals surface area contributed by atoms with E-state index in [1.54, 1.807) is 24.4 Å². The Kier molecular flexibility index (Phi) is 3.80. The van der Waals surface area contributed by atoms with Crippen LogP contribution in [0.25, 0.3) is 0 Å². The van der Waals surface area contributed by atoms with Crippen molar-refractivity contribution in [1.29, 1.82) is 5.26 Å². The summed E-state index contributed by atoms with van der Waals surface area (Å²) >= 11 is 3.31. The molecule has 5 heteroatoms. The van der Waals surface area contributed by atoms with Crippen molar-refractivity contribution in [2.24, 2.45) is 0 Å². The van der Waals surface area contributed by atoms with Gasteiger partial charge in [-0.25, -0.2) is 4.98 Å². The number of anilines is 2. The second-order valence-corrected chi connectivity index (χ2v) is 4.67. The number of nitriles is 1. The topological polar surface area (TPSA) is 74.7 Å². The van der Waals surface area contributed by atoms with Crippen LogP contribution in [0.3, 0.4) is 0 Å². The van der Waals surface area contributed by atoms with Crippen LogP contribution >= 0.6 is 15.9 Å². The number of pyridine rings is 1. The van der Waals surface area contributed by atoms with Gasteiger partial charge in [-0.3, -0.25) is 0 Å². The number of benzene rings is 1. The van der Waals surface area contributed by atoms with Gasteiger partial charge in [-0.05, 0) is 39.7 Å². The third kappa shape index (κ3) is 2.99. The fourth-order valence-corrected chi connectivity index (χ4v) is 1.83. The molecule has 2 rings (SSSR count). The van der Waals surface area contributed by atoms with Gasteiger partial charge in [-0.1, -0.05) is 12.1 Å². The number of halogens is 1. The van der Waals surface area contributed by atoms with Crippen LogP contribution in [0.15, 0.2) is 41.0 Å². The average molecular weight is 303 g/mol.